The zero-order valence-corrected chi connectivity index (χ0v) is 10.7. The van der Waals surface area contributed by atoms with Crippen molar-refractivity contribution in [1.29, 1.82) is 0 Å². The maximum Gasteiger partial charge on any atom is 0.227 e. The molecule has 0 aliphatic carbocycles. The highest BCUT2D eigenvalue weighted by molar-refractivity contribution is 5.96. The molecule has 1 atom stereocenters. The van der Waals surface area contributed by atoms with E-state index in [0.29, 0.717) is 18.8 Å². The molecule has 1 aliphatic heterocycles. The van der Waals surface area contributed by atoms with Gasteiger partial charge in [0.25, 0.3) is 0 Å². The Morgan fingerprint density at radius 1 is 1.37 bits per heavy atom. The van der Waals surface area contributed by atoms with E-state index in [1.807, 2.05) is 12.1 Å². The number of aryl methyl sites for hydroxylation is 1. The molecule has 0 saturated carbocycles. The predicted molar refractivity (Wildman–Crippen MR) is 69.8 cm³/mol. The molecule has 1 unspecified atom stereocenters. The number of aromatic nitrogens is 2. The van der Waals surface area contributed by atoms with E-state index < -0.39 is 0 Å². The Bertz CT molecular complexity index is 563. The van der Waals surface area contributed by atoms with Gasteiger partial charge in [-0.1, -0.05) is 24.2 Å². The van der Waals surface area contributed by atoms with Gasteiger partial charge in [0.2, 0.25) is 12.3 Å². The van der Waals surface area contributed by atoms with Gasteiger partial charge in [-0.25, -0.2) is 0 Å². The van der Waals surface area contributed by atoms with Gasteiger partial charge in [0.1, 0.15) is 0 Å². The van der Waals surface area contributed by atoms with Crippen molar-refractivity contribution < 1.29 is 9.32 Å². The van der Waals surface area contributed by atoms with Crippen molar-refractivity contribution >= 4 is 11.6 Å². The molecule has 2 heterocycles. The second-order valence-electron chi connectivity index (χ2n) is 4.71. The summed E-state index contributed by atoms with van der Waals surface area (Å²) in [4.78, 5) is 17.9. The summed E-state index contributed by atoms with van der Waals surface area (Å²) >= 11 is 0. The molecule has 5 nitrogen and oxygen atoms in total. The molecule has 1 fully saturated rings. The van der Waals surface area contributed by atoms with Crippen molar-refractivity contribution in [2.45, 2.75) is 25.7 Å². The second-order valence-corrected chi connectivity index (χ2v) is 4.71. The maximum atomic E-state index is 12.1. The van der Waals surface area contributed by atoms with Crippen LogP contribution in [0.1, 0.15) is 30.7 Å². The van der Waals surface area contributed by atoms with Gasteiger partial charge < -0.3 is 9.42 Å². The third-order valence-corrected chi connectivity index (χ3v) is 3.52. The Balaban J connectivity index is 1.79. The van der Waals surface area contributed by atoms with E-state index in [4.69, 9.17) is 4.52 Å². The van der Waals surface area contributed by atoms with Gasteiger partial charge in [-0.3, -0.25) is 4.79 Å². The summed E-state index contributed by atoms with van der Waals surface area (Å²) in [6.45, 7) is 2.73. The number of rotatable bonds is 3. The molecule has 1 aromatic heterocycles. The predicted octanol–water partition coefficient (Wildman–Crippen LogP) is 2.15. The van der Waals surface area contributed by atoms with Crippen LogP contribution in [-0.2, 0) is 11.2 Å². The molecule has 1 aliphatic rings. The molecule has 3 rings (SSSR count). The van der Waals surface area contributed by atoms with Crippen LogP contribution in [0.15, 0.2) is 35.2 Å². The third kappa shape index (κ3) is 2.23. The summed E-state index contributed by atoms with van der Waals surface area (Å²) in [5.74, 6) is 0.747. The fraction of sp³-hybridized carbons (Fsp3) is 0.357. The average Bonchev–Trinajstić information content (AvgIpc) is 3.08. The van der Waals surface area contributed by atoms with E-state index in [9.17, 15) is 4.79 Å². The Morgan fingerprint density at radius 2 is 2.16 bits per heavy atom. The van der Waals surface area contributed by atoms with Gasteiger partial charge in [-0.05, 0) is 24.1 Å². The summed E-state index contributed by atoms with van der Waals surface area (Å²) in [5, 5.41) is 3.82. The first-order valence-electron chi connectivity index (χ1n) is 6.43. The third-order valence-electron chi connectivity index (χ3n) is 3.52. The molecule has 0 N–H and O–H groups in total. The number of amides is 1. The molecule has 1 aromatic carbocycles. The van der Waals surface area contributed by atoms with Crippen molar-refractivity contribution in [3.63, 3.8) is 0 Å². The molecular weight excluding hydrogens is 242 g/mol. The number of hydrogen-bond donors (Lipinski definition) is 0. The minimum atomic E-state index is 0.0251. The van der Waals surface area contributed by atoms with Crippen molar-refractivity contribution in [1.82, 2.24) is 10.1 Å². The van der Waals surface area contributed by atoms with Gasteiger partial charge in [-0.15, -0.1) is 0 Å². The smallest absolute Gasteiger partial charge is 0.227 e. The normalized spacial score (nSPS) is 19.1. The molecule has 2 aromatic rings. The van der Waals surface area contributed by atoms with E-state index in [1.165, 1.54) is 12.0 Å². The van der Waals surface area contributed by atoms with E-state index >= 15 is 0 Å². The topological polar surface area (TPSA) is 59.2 Å². The van der Waals surface area contributed by atoms with Gasteiger partial charge in [0.15, 0.2) is 5.82 Å². The number of carbonyl (C=O) groups is 1. The summed E-state index contributed by atoms with van der Waals surface area (Å²) in [6, 6.07) is 8.11. The van der Waals surface area contributed by atoms with Crippen LogP contribution < -0.4 is 4.90 Å². The number of anilines is 1. The van der Waals surface area contributed by atoms with Crippen molar-refractivity contribution in [3.05, 3.63) is 42.0 Å². The highest BCUT2D eigenvalue weighted by Crippen LogP contribution is 2.30. The first-order chi connectivity index (χ1) is 9.28. The van der Waals surface area contributed by atoms with Crippen LogP contribution in [0.4, 0.5) is 5.69 Å². The molecule has 0 spiro atoms. The largest absolute Gasteiger partial charge is 0.343 e. The molecule has 0 radical (unpaired) electrons. The highest BCUT2D eigenvalue weighted by Gasteiger charge is 2.33. The Morgan fingerprint density at radius 3 is 2.79 bits per heavy atom. The lowest BCUT2D eigenvalue weighted by Gasteiger charge is -2.16. The average molecular weight is 257 g/mol. The lowest BCUT2D eigenvalue weighted by atomic mass is 10.1. The van der Waals surface area contributed by atoms with Crippen molar-refractivity contribution in [2.75, 3.05) is 11.4 Å². The minimum absolute atomic E-state index is 0.0251. The summed E-state index contributed by atoms with van der Waals surface area (Å²) in [5.41, 5.74) is 2.21. The lowest BCUT2D eigenvalue weighted by Crippen LogP contribution is -2.24. The van der Waals surface area contributed by atoms with E-state index in [0.717, 1.165) is 12.1 Å². The number of nitrogens with zero attached hydrogens (tertiary/aromatic N) is 3. The number of benzene rings is 1. The van der Waals surface area contributed by atoms with E-state index in [-0.39, 0.29) is 11.8 Å². The van der Waals surface area contributed by atoms with Gasteiger partial charge in [-0.2, -0.15) is 4.98 Å². The fourth-order valence-electron chi connectivity index (χ4n) is 2.40. The van der Waals surface area contributed by atoms with Crippen LogP contribution in [0.3, 0.4) is 0 Å². The van der Waals surface area contributed by atoms with Crippen LogP contribution in [-0.4, -0.2) is 22.6 Å². The van der Waals surface area contributed by atoms with Crippen LogP contribution in [0.25, 0.3) is 0 Å². The maximum absolute atomic E-state index is 12.1. The lowest BCUT2D eigenvalue weighted by molar-refractivity contribution is -0.117. The first-order valence-corrected chi connectivity index (χ1v) is 6.43. The Labute approximate surface area is 111 Å². The zero-order chi connectivity index (χ0) is 13.2. The van der Waals surface area contributed by atoms with Crippen LogP contribution in [0, 0.1) is 0 Å². The van der Waals surface area contributed by atoms with E-state index in [1.54, 1.807) is 4.90 Å². The van der Waals surface area contributed by atoms with Crippen LogP contribution >= 0.6 is 0 Å². The van der Waals surface area contributed by atoms with Crippen molar-refractivity contribution in [2.24, 2.45) is 0 Å². The highest BCUT2D eigenvalue weighted by atomic mass is 16.5. The second kappa shape index (κ2) is 4.84. The summed E-state index contributed by atoms with van der Waals surface area (Å²) < 4.78 is 4.74. The van der Waals surface area contributed by atoms with E-state index in [2.05, 4.69) is 29.2 Å². The molecule has 1 amide bonds. The molecule has 5 heteroatoms. The molecular formula is C14H15N3O2. The van der Waals surface area contributed by atoms with Gasteiger partial charge in [0.05, 0.1) is 0 Å². The number of carbonyl (C=O) groups excluding carboxylic acids is 1. The minimum Gasteiger partial charge on any atom is -0.343 e. The monoisotopic (exact) mass is 257 g/mol. The van der Waals surface area contributed by atoms with Crippen molar-refractivity contribution in [3.8, 4) is 0 Å². The quantitative estimate of drug-likeness (QED) is 0.845. The molecule has 0 bridgehead atoms. The number of hydrogen-bond acceptors (Lipinski definition) is 4. The summed E-state index contributed by atoms with van der Waals surface area (Å²) in [7, 11) is 0. The van der Waals surface area contributed by atoms with Gasteiger partial charge in [0, 0.05) is 24.6 Å². The zero-order valence-electron chi connectivity index (χ0n) is 10.7. The molecule has 98 valence electrons. The SMILES string of the molecule is CCc1ccc(N2CC(c3ncon3)CC2=O)cc1. The van der Waals surface area contributed by atoms with Crippen LogP contribution in [0.5, 0.6) is 0 Å². The Hall–Kier alpha value is -2.17. The standard InChI is InChI=1S/C14H15N3O2/c1-2-10-3-5-12(6-4-10)17-8-11(7-13(17)18)14-15-9-19-16-14/h3-6,9,11H,2,7-8H2,1H3. The fourth-order valence-corrected chi connectivity index (χ4v) is 2.40. The first kappa shape index (κ1) is 11.9. The molecule has 1 saturated heterocycles. The summed E-state index contributed by atoms with van der Waals surface area (Å²) in [6.07, 6.45) is 2.74. The van der Waals surface area contributed by atoms with Crippen LogP contribution in [0.2, 0.25) is 0 Å². The Kier molecular flexibility index (Phi) is 3.03. The van der Waals surface area contributed by atoms with Gasteiger partial charge >= 0.3 is 0 Å². The molecule has 19 heavy (non-hydrogen) atoms.